The van der Waals surface area contributed by atoms with E-state index < -0.39 is 22.1 Å². The molecule has 0 saturated carbocycles. The Labute approximate surface area is 186 Å². The van der Waals surface area contributed by atoms with E-state index >= 15 is 0 Å². The van der Waals surface area contributed by atoms with Crippen LogP contribution in [0.1, 0.15) is 5.56 Å². The Bertz CT molecular complexity index is 1340. The molecule has 0 aliphatic carbocycles. The van der Waals surface area contributed by atoms with Gasteiger partial charge in [-0.1, -0.05) is 72.8 Å². The quantitative estimate of drug-likeness (QED) is 0.409. The van der Waals surface area contributed by atoms with Crippen LogP contribution in [-0.2, 0) is 25.5 Å². The van der Waals surface area contributed by atoms with E-state index in [-0.39, 0.29) is 11.3 Å². The zero-order chi connectivity index (χ0) is 22.6. The van der Waals surface area contributed by atoms with Crippen molar-refractivity contribution >= 4 is 38.2 Å². The molecule has 162 valence electrons. The number of rotatable bonds is 7. The van der Waals surface area contributed by atoms with Gasteiger partial charge in [-0.2, -0.15) is 8.42 Å². The van der Waals surface area contributed by atoms with Crippen LogP contribution in [0.15, 0.2) is 102 Å². The van der Waals surface area contributed by atoms with Gasteiger partial charge in [0, 0.05) is 16.8 Å². The molecule has 4 aromatic rings. The predicted molar refractivity (Wildman–Crippen MR) is 125 cm³/mol. The Morgan fingerprint density at radius 3 is 2.16 bits per heavy atom. The number of fused-ring (bicyclic) bond motifs is 1. The minimum atomic E-state index is -4.41. The zero-order valence-corrected chi connectivity index (χ0v) is 18.0. The second kappa shape index (κ2) is 9.21. The van der Waals surface area contributed by atoms with E-state index in [2.05, 4.69) is 5.32 Å². The summed E-state index contributed by atoms with van der Waals surface area (Å²) in [6.45, 7) is 0. The summed E-state index contributed by atoms with van der Waals surface area (Å²) in [5.41, 5.74) is 8.12. The van der Waals surface area contributed by atoms with E-state index in [0.29, 0.717) is 16.5 Å². The van der Waals surface area contributed by atoms with Gasteiger partial charge in [-0.3, -0.25) is 0 Å². The van der Waals surface area contributed by atoms with Gasteiger partial charge in [0.2, 0.25) is 0 Å². The molecule has 3 N–H and O–H groups in total. The topological polar surface area (TPSA) is 98.5 Å². The van der Waals surface area contributed by atoms with E-state index in [1.165, 1.54) is 6.07 Å². The number of para-hydroxylation sites is 1. The molecule has 4 rings (SSSR count). The highest BCUT2D eigenvalue weighted by molar-refractivity contribution is 7.87. The Kier molecular flexibility index (Phi) is 6.20. The second-order valence-corrected chi connectivity index (χ2v) is 8.82. The summed E-state index contributed by atoms with van der Waals surface area (Å²) in [5, 5.41) is 4.36. The fourth-order valence-electron chi connectivity index (χ4n) is 3.46. The fraction of sp³-hybridized carbons (Fsp3) is 0.0800. The first-order valence-corrected chi connectivity index (χ1v) is 11.5. The molecule has 0 unspecified atom stereocenters. The Balaban J connectivity index is 1.65. The standard InChI is InChI=1S/C25H22N2O4S/c26-21(17-18-9-3-1-4-10-18)25(28)31-32(29,30)23-16-8-12-19-11-7-15-22(24(19)23)27-20-13-5-2-6-14-20/h1-16,21,27H,17,26H2/t21-/m0/s1. The van der Waals surface area contributed by atoms with Crippen LogP contribution in [0, 0.1) is 0 Å². The first-order valence-electron chi connectivity index (χ1n) is 10.1. The van der Waals surface area contributed by atoms with Gasteiger partial charge in [-0.15, -0.1) is 0 Å². The molecule has 0 spiro atoms. The maximum absolute atomic E-state index is 13.1. The molecular formula is C25H22N2O4S. The summed E-state index contributed by atoms with van der Waals surface area (Å²) < 4.78 is 31.1. The lowest BCUT2D eigenvalue weighted by atomic mass is 10.1. The van der Waals surface area contributed by atoms with Crippen LogP contribution >= 0.6 is 0 Å². The Hall–Kier alpha value is -3.68. The first-order chi connectivity index (χ1) is 15.4. The van der Waals surface area contributed by atoms with Gasteiger partial charge >= 0.3 is 16.1 Å². The van der Waals surface area contributed by atoms with Gasteiger partial charge in [0.1, 0.15) is 10.9 Å². The van der Waals surface area contributed by atoms with E-state index in [1.807, 2.05) is 66.7 Å². The molecule has 0 fully saturated rings. The molecule has 0 aliphatic heterocycles. The van der Waals surface area contributed by atoms with Crippen LogP contribution in [0.25, 0.3) is 10.8 Å². The van der Waals surface area contributed by atoms with Crippen molar-refractivity contribution in [2.75, 3.05) is 5.32 Å². The summed E-state index contributed by atoms with van der Waals surface area (Å²) in [6.07, 6.45) is 0.172. The van der Waals surface area contributed by atoms with Crippen LogP contribution in [0.5, 0.6) is 0 Å². The normalized spacial score (nSPS) is 12.3. The van der Waals surface area contributed by atoms with Gasteiger partial charge in [0.15, 0.2) is 0 Å². The van der Waals surface area contributed by atoms with Crippen LogP contribution < -0.4 is 11.1 Å². The molecule has 0 radical (unpaired) electrons. The molecule has 0 amide bonds. The van der Waals surface area contributed by atoms with Crippen molar-refractivity contribution in [3.8, 4) is 0 Å². The molecule has 0 bridgehead atoms. The third-order valence-corrected chi connectivity index (χ3v) is 6.24. The highest BCUT2D eigenvalue weighted by atomic mass is 32.2. The summed E-state index contributed by atoms with van der Waals surface area (Å²) in [6, 6.07) is 27.6. The number of carbonyl (C=O) groups is 1. The number of carbonyl (C=O) groups excluding carboxylic acids is 1. The maximum Gasteiger partial charge on any atom is 0.342 e. The van der Waals surface area contributed by atoms with Crippen LogP contribution in [0.2, 0.25) is 0 Å². The molecule has 0 aliphatic rings. The number of anilines is 2. The monoisotopic (exact) mass is 446 g/mol. The summed E-state index contributed by atoms with van der Waals surface area (Å²) in [5.74, 6) is -1.00. The maximum atomic E-state index is 13.1. The molecular weight excluding hydrogens is 424 g/mol. The molecule has 6 nitrogen and oxygen atoms in total. The lowest BCUT2D eigenvalue weighted by Gasteiger charge is -2.15. The number of hydrogen-bond acceptors (Lipinski definition) is 6. The van der Waals surface area contributed by atoms with Crippen molar-refractivity contribution in [1.29, 1.82) is 0 Å². The van der Waals surface area contributed by atoms with Crippen molar-refractivity contribution in [3.05, 3.63) is 103 Å². The summed E-state index contributed by atoms with van der Waals surface area (Å²) >= 11 is 0. The zero-order valence-electron chi connectivity index (χ0n) is 17.1. The molecule has 0 heterocycles. The predicted octanol–water partition coefficient (Wildman–Crippen LogP) is 4.39. The number of nitrogens with one attached hydrogen (secondary N) is 1. The van der Waals surface area contributed by atoms with E-state index in [9.17, 15) is 13.2 Å². The van der Waals surface area contributed by atoms with Gasteiger partial charge in [-0.05, 0) is 41.6 Å². The number of benzene rings is 4. The highest BCUT2D eigenvalue weighted by Gasteiger charge is 2.27. The van der Waals surface area contributed by atoms with E-state index in [4.69, 9.17) is 9.92 Å². The molecule has 32 heavy (non-hydrogen) atoms. The average Bonchev–Trinajstić information content (AvgIpc) is 2.80. The van der Waals surface area contributed by atoms with Crippen LogP contribution in [-0.4, -0.2) is 20.4 Å². The van der Waals surface area contributed by atoms with E-state index in [1.54, 1.807) is 24.3 Å². The van der Waals surface area contributed by atoms with Crippen molar-refractivity contribution in [2.24, 2.45) is 5.73 Å². The minimum absolute atomic E-state index is 0.103. The second-order valence-electron chi connectivity index (χ2n) is 7.30. The van der Waals surface area contributed by atoms with Gasteiger partial charge in [0.25, 0.3) is 0 Å². The smallest absolute Gasteiger partial charge is 0.342 e. The van der Waals surface area contributed by atoms with E-state index in [0.717, 1.165) is 11.3 Å². The molecule has 4 aromatic carbocycles. The Morgan fingerprint density at radius 2 is 1.47 bits per heavy atom. The summed E-state index contributed by atoms with van der Waals surface area (Å²) in [4.78, 5) is 12.4. The number of nitrogens with two attached hydrogens (primary N) is 1. The van der Waals surface area contributed by atoms with Crippen LogP contribution in [0.4, 0.5) is 11.4 Å². The van der Waals surface area contributed by atoms with Crippen molar-refractivity contribution in [1.82, 2.24) is 0 Å². The van der Waals surface area contributed by atoms with Crippen LogP contribution in [0.3, 0.4) is 0 Å². The van der Waals surface area contributed by atoms with Crippen molar-refractivity contribution in [3.63, 3.8) is 0 Å². The third kappa shape index (κ3) is 4.80. The molecule has 1 atom stereocenters. The highest BCUT2D eigenvalue weighted by Crippen LogP contribution is 2.33. The largest absolute Gasteiger partial charge is 0.355 e. The number of hydrogen-bond donors (Lipinski definition) is 2. The van der Waals surface area contributed by atoms with Crippen molar-refractivity contribution < 1.29 is 17.4 Å². The SMILES string of the molecule is N[C@@H](Cc1ccccc1)C(=O)OS(=O)(=O)c1cccc2cccc(Nc3ccccc3)c12. The fourth-order valence-corrected chi connectivity index (χ4v) is 4.61. The summed E-state index contributed by atoms with van der Waals surface area (Å²) in [7, 11) is -4.41. The minimum Gasteiger partial charge on any atom is -0.355 e. The van der Waals surface area contributed by atoms with Gasteiger partial charge in [-0.25, -0.2) is 4.79 Å². The average molecular weight is 447 g/mol. The molecule has 0 aromatic heterocycles. The molecule has 0 saturated heterocycles. The van der Waals surface area contributed by atoms with Crippen molar-refractivity contribution in [2.45, 2.75) is 17.4 Å². The lowest BCUT2D eigenvalue weighted by Crippen LogP contribution is -2.35. The third-order valence-electron chi connectivity index (χ3n) is 4.98. The lowest BCUT2D eigenvalue weighted by molar-refractivity contribution is -0.135. The molecule has 7 heteroatoms. The van der Waals surface area contributed by atoms with Gasteiger partial charge < -0.3 is 15.2 Å². The first kappa shape index (κ1) is 21.5. The Morgan fingerprint density at radius 1 is 0.844 bits per heavy atom. The van der Waals surface area contributed by atoms with Gasteiger partial charge in [0.05, 0.1) is 0 Å².